The summed E-state index contributed by atoms with van der Waals surface area (Å²) in [4.78, 5) is 9.47. The van der Waals surface area contributed by atoms with Gasteiger partial charge in [-0.25, -0.2) is 4.98 Å². The fourth-order valence-corrected chi connectivity index (χ4v) is 10.4. The number of rotatable bonds is 8. The van der Waals surface area contributed by atoms with Crippen molar-refractivity contribution >= 4 is 44.6 Å². The molecule has 0 amide bonds. The molecule has 10 aromatic rings. The molecule has 1 aliphatic heterocycles. The van der Waals surface area contributed by atoms with Crippen LogP contribution >= 0.6 is 0 Å². The summed E-state index contributed by atoms with van der Waals surface area (Å²) in [5.74, 6) is 2.17. The van der Waals surface area contributed by atoms with Crippen LogP contribution in [-0.2, 0) is 21.7 Å². The first-order chi connectivity index (χ1) is 37.8. The number of benzene rings is 8. The van der Waals surface area contributed by atoms with E-state index in [1.807, 2.05) is 48.7 Å². The quantitative estimate of drug-likeness (QED) is 0.152. The average molecular weight is 988 g/mol. The Hall–Kier alpha value is -7.89. The molecule has 8 aromatic carbocycles. The van der Waals surface area contributed by atoms with Crippen LogP contribution < -0.4 is 14.5 Å². The number of aromatic nitrogens is 2. The van der Waals surface area contributed by atoms with Crippen LogP contribution in [0.5, 0.6) is 11.5 Å². The minimum absolute atomic E-state index is 0.0593. The normalized spacial score (nSPS) is 14.2. The minimum Gasteiger partial charge on any atom is -0.457 e. The molecule has 0 bridgehead atoms. The molecule has 0 spiro atoms. The van der Waals surface area contributed by atoms with Gasteiger partial charge in [0.15, 0.2) is 0 Å². The Morgan fingerprint density at radius 3 is 1.72 bits per heavy atom. The molecule has 0 radical (unpaired) electrons. The van der Waals surface area contributed by atoms with E-state index in [-0.39, 0.29) is 51.4 Å². The summed E-state index contributed by atoms with van der Waals surface area (Å²) in [5, 5.41) is 2.22. The van der Waals surface area contributed by atoms with Gasteiger partial charge in [-0.05, 0) is 127 Å². The van der Waals surface area contributed by atoms with Crippen molar-refractivity contribution in [2.24, 2.45) is 0 Å². The van der Waals surface area contributed by atoms with E-state index in [1.165, 1.54) is 22.3 Å². The molecule has 0 atom stereocenters. The maximum Gasteiger partial charge on any atom is 0.137 e. The second-order valence-electron chi connectivity index (χ2n) is 24.3. The molecule has 0 unspecified atom stereocenters. The summed E-state index contributed by atoms with van der Waals surface area (Å²) in [6, 6.07) is 53.7. The molecule has 0 N–H and O–H groups in total. The van der Waals surface area contributed by atoms with Crippen molar-refractivity contribution < 1.29 is 11.6 Å². The van der Waals surface area contributed by atoms with Crippen LogP contribution in [0.25, 0.3) is 61.0 Å². The maximum absolute atomic E-state index is 9.28. The molecule has 0 fully saturated rings. The first-order valence-corrected chi connectivity index (χ1v) is 26.2. The smallest absolute Gasteiger partial charge is 0.137 e. The number of nitrogens with zero attached hydrogens (tertiary/aromatic N) is 4. The molecule has 0 saturated carbocycles. The molecular weight excluding hydrogens is 913 g/mol. The zero-order valence-corrected chi connectivity index (χ0v) is 45.5. The van der Waals surface area contributed by atoms with Crippen LogP contribution in [0.1, 0.15) is 112 Å². The van der Waals surface area contributed by atoms with E-state index >= 15 is 0 Å². The van der Waals surface area contributed by atoms with Crippen LogP contribution in [0.15, 0.2) is 194 Å². The average Bonchev–Trinajstić information content (AvgIpc) is 4.05. The summed E-state index contributed by atoms with van der Waals surface area (Å²) < 4.78 is 53.8. The number of ether oxygens (including phenoxy) is 1. The van der Waals surface area contributed by atoms with Crippen molar-refractivity contribution in [2.75, 3.05) is 16.5 Å². The van der Waals surface area contributed by atoms with Gasteiger partial charge in [-0.1, -0.05) is 198 Å². The fourth-order valence-electron chi connectivity index (χ4n) is 10.4. The second kappa shape index (κ2) is 18.5. The van der Waals surface area contributed by atoms with Crippen molar-refractivity contribution in [3.05, 3.63) is 216 Å². The third-order valence-corrected chi connectivity index (χ3v) is 14.8. The molecule has 5 heteroatoms. The molecule has 75 heavy (non-hydrogen) atoms. The molecule has 1 aliphatic rings. The van der Waals surface area contributed by atoms with E-state index in [2.05, 4.69) is 213 Å². The summed E-state index contributed by atoms with van der Waals surface area (Å²) in [6.45, 7) is 27.1. The van der Waals surface area contributed by atoms with E-state index in [4.69, 9.17) is 13.8 Å². The molecule has 376 valence electrons. The Kier molecular flexibility index (Phi) is 10.7. The monoisotopic (exact) mass is 988 g/mol. The number of anilines is 4. The number of pyridine rings is 1. The first kappa shape index (κ1) is 43.5. The molecule has 0 saturated heterocycles. The first-order valence-electron chi connectivity index (χ1n) is 28.7. The van der Waals surface area contributed by atoms with Crippen molar-refractivity contribution in [1.82, 2.24) is 9.55 Å². The van der Waals surface area contributed by atoms with E-state index in [9.17, 15) is 2.74 Å². The number of hydrogen-bond donors (Lipinski definition) is 0. The molecule has 11 rings (SSSR count). The second-order valence-corrected chi connectivity index (χ2v) is 24.3. The van der Waals surface area contributed by atoms with Crippen LogP contribution in [0, 0.1) is 0 Å². The Morgan fingerprint density at radius 1 is 0.440 bits per heavy atom. The highest BCUT2D eigenvalue weighted by molar-refractivity contribution is 6.11. The van der Waals surface area contributed by atoms with Crippen molar-refractivity contribution in [2.45, 2.75) is 105 Å². The fraction of sp³-hybridized carbons (Fsp3) is 0.243. The third-order valence-electron chi connectivity index (χ3n) is 14.8. The zero-order chi connectivity index (χ0) is 57.0. The molecule has 5 nitrogen and oxygen atoms in total. The zero-order valence-electron chi connectivity index (χ0n) is 50.5. The van der Waals surface area contributed by atoms with Gasteiger partial charge in [0.05, 0.1) is 34.9 Å². The SMILES string of the molecule is [2H]c1c([2H])c([2H])c(-c2cccc(-c3cc(C(C)(C)C)cc(C(C)(C)C)c3)c2N2CN(c3cccc(Oc4ccc5c6cc(-c7ccc(C(C)(C)C)cc7)ccc6n(-c6cc(C(C)(C)C)ccn6)c5c4)c3)c3ccccc32)c([2H])c1[2H]. The highest BCUT2D eigenvalue weighted by Crippen LogP contribution is 2.51. The summed E-state index contributed by atoms with van der Waals surface area (Å²) in [5.41, 5.74) is 14.9. The number of hydrogen-bond acceptors (Lipinski definition) is 4. The standard InChI is InChI=1S/C70H70N4O/c1-67(2,3)50-31-28-46(29-32-50)48-30-35-61-60(40-48)59-34-33-56(44-64(59)74(61)65-42-51(36-37-71-65)68(4,5)6)75-55-23-18-22-54(43-55)72-45-73(63-27-17-16-26-62(63)72)66-57(47-20-14-13-15-21-47)24-19-25-58(66)49-38-52(69(7,8)9)41-53(39-49)70(10,11)12/h13-44H,45H2,1-12H3/i13D,14D,15D,20D,21D. The lowest BCUT2D eigenvalue weighted by molar-refractivity contribution is 0.483. The Balaban J connectivity index is 1.02. The van der Waals surface area contributed by atoms with Crippen LogP contribution in [0.4, 0.5) is 22.7 Å². The van der Waals surface area contributed by atoms with E-state index < -0.39 is 6.04 Å². The Bertz CT molecular complexity index is 4010. The summed E-state index contributed by atoms with van der Waals surface area (Å²) >= 11 is 0. The lowest BCUT2D eigenvalue weighted by Crippen LogP contribution is -2.25. The highest BCUT2D eigenvalue weighted by Gasteiger charge is 2.32. The van der Waals surface area contributed by atoms with E-state index in [0.29, 0.717) is 23.7 Å². The lowest BCUT2D eigenvalue weighted by Gasteiger charge is -2.29. The number of para-hydroxylation sites is 3. The van der Waals surface area contributed by atoms with Crippen LogP contribution in [0.2, 0.25) is 0 Å². The van der Waals surface area contributed by atoms with Crippen LogP contribution in [-0.4, -0.2) is 16.2 Å². The lowest BCUT2D eigenvalue weighted by atomic mass is 9.78. The van der Waals surface area contributed by atoms with Gasteiger partial charge in [-0.3, -0.25) is 4.57 Å². The van der Waals surface area contributed by atoms with Crippen molar-refractivity contribution in [3.8, 4) is 50.7 Å². The molecule has 3 heterocycles. The van der Waals surface area contributed by atoms with Gasteiger partial charge in [0.1, 0.15) is 24.0 Å². The molecule has 0 aliphatic carbocycles. The van der Waals surface area contributed by atoms with Gasteiger partial charge in [-0.15, -0.1) is 0 Å². The maximum atomic E-state index is 9.28. The highest BCUT2D eigenvalue weighted by atomic mass is 16.5. The van der Waals surface area contributed by atoms with Gasteiger partial charge in [0, 0.05) is 45.9 Å². The summed E-state index contributed by atoms with van der Waals surface area (Å²) in [7, 11) is 0. The largest absolute Gasteiger partial charge is 0.457 e. The Morgan fingerprint density at radius 2 is 1.05 bits per heavy atom. The van der Waals surface area contributed by atoms with Gasteiger partial charge >= 0.3 is 0 Å². The van der Waals surface area contributed by atoms with E-state index in [0.717, 1.165) is 72.6 Å². The predicted molar refractivity (Wildman–Crippen MR) is 318 cm³/mol. The van der Waals surface area contributed by atoms with Gasteiger partial charge in [0.25, 0.3) is 0 Å². The molecule has 2 aromatic heterocycles. The van der Waals surface area contributed by atoms with Crippen molar-refractivity contribution in [3.63, 3.8) is 0 Å². The topological polar surface area (TPSA) is 33.5 Å². The molecular formula is C70H70N4O. The summed E-state index contributed by atoms with van der Waals surface area (Å²) in [6.07, 6.45) is 1.91. The minimum atomic E-state index is -0.425. The van der Waals surface area contributed by atoms with E-state index in [1.54, 1.807) is 0 Å². The van der Waals surface area contributed by atoms with Crippen molar-refractivity contribution in [1.29, 1.82) is 0 Å². The van der Waals surface area contributed by atoms with Crippen LogP contribution in [0.3, 0.4) is 0 Å². The van der Waals surface area contributed by atoms with Gasteiger partial charge in [-0.2, -0.15) is 0 Å². The third kappa shape index (κ3) is 9.50. The van der Waals surface area contributed by atoms with Gasteiger partial charge in [0.2, 0.25) is 0 Å². The predicted octanol–water partition coefficient (Wildman–Crippen LogP) is 19.4. The van der Waals surface area contributed by atoms with Gasteiger partial charge < -0.3 is 14.5 Å². The Labute approximate surface area is 452 Å². The number of fused-ring (bicyclic) bond motifs is 4.